The van der Waals surface area contributed by atoms with Gasteiger partial charge in [0.05, 0.1) is 12.0 Å². The Bertz CT molecular complexity index is 1090. The molecule has 2 aliphatic rings. The van der Waals surface area contributed by atoms with Crippen molar-refractivity contribution in [2.75, 3.05) is 26.2 Å². The van der Waals surface area contributed by atoms with Crippen molar-refractivity contribution in [1.29, 1.82) is 0 Å². The van der Waals surface area contributed by atoms with E-state index in [-0.39, 0.29) is 11.7 Å². The summed E-state index contributed by atoms with van der Waals surface area (Å²) >= 11 is 0. The van der Waals surface area contributed by atoms with Crippen LogP contribution in [0.5, 0.6) is 0 Å². The summed E-state index contributed by atoms with van der Waals surface area (Å²) in [7, 11) is 0. The van der Waals surface area contributed by atoms with Crippen molar-refractivity contribution in [2.45, 2.75) is 57.4 Å². The predicted molar refractivity (Wildman–Crippen MR) is 130 cm³/mol. The van der Waals surface area contributed by atoms with Crippen LogP contribution < -0.4 is 5.32 Å². The van der Waals surface area contributed by atoms with E-state index in [0.29, 0.717) is 24.1 Å². The highest BCUT2D eigenvalue weighted by atomic mass is 19.1. The lowest BCUT2D eigenvalue weighted by molar-refractivity contribution is 0.0925. The number of benzene rings is 1. The molecule has 1 aliphatic carbocycles. The average Bonchev–Trinajstić information content (AvgIpc) is 3.63. The molecular weight excluding hydrogens is 431 g/mol. The molecule has 2 fully saturated rings. The van der Waals surface area contributed by atoms with Crippen LogP contribution in [0.4, 0.5) is 4.39 Å². The number of likely N-dealkylation sites (tertiary alicyclic amines) is 1. The molecule has 0 radical (unpaired) electrons. The molecule has 3 heterocycles. The van der Waals surface area contributed by atoms with Gasteiger partial charge in [-0.3, -0.25) is 4.79 Å². The molecule has 1 amide bonds. The molecule has 0 bridgehead atoms. The van der Waals surface area contributed by atoms with E-state index in [0.717, 1.165) is 42.8 Å². The molecule has 1 aliphatic heterocycles. The highest BCUT2D eigenvalue weighted by molar-refractivity contribution is 5.92. The molecule has 7 heteroatoms. The quantitative estimate of drug-likeness (QED) is 0.436. The molecule has 0 spiro atoms. The second-order valence-corrected chi connectivity index (χ2v) is 9.47. The summed E-state index contributed by atoms with van der Waals surface area (Å²) in [4.78, 5) is 19.9. The number of furan rings is 1. The van der Waals surface area contributed by atoms with Gasteiger partial charge in [0.25, 0.3) is 5.91 Å². The minimum Gasteiger partial charge on any atom is -0.449 e. The molecule has 1 aromatic carbocycles. The Morgan fingerprint density at radius 1 is 1.03 bits per heavy atom. The highest BCUT2D eigenvalue weighted by Gasteiger charge is 2.25. The number of amides is 1. The maximum absolute atomic E-state index is 13.5. The zero-order valence-corrected chi connectivity index (χ0v) is 19.6. The van der Waals surface area contributed by atoms with Gasteiger partial charge in [-0.15, -0.1) is 0 Å². The third kappa shape index (κ3) is 5.09. The van der Waals surface area contributed by atoms with Crippen molar-refractivity contribution >= 4 is 5.91 Å². The van der Waals surface area contributed by atoms with Gasteiger partial charge in [0, 0.05) is 18.2 Å². The molecule has 6 nitrogen and oxygen atoms in total. The lowest BCUT2D eigenvalue weighted by atomic mass is 9.95. The van der Waals surface area contributed by atoms with Gasteiger partial charge in [0.2, 0.25) is 0 Å². The van der Waals surface area contributed by atoms with Crippen molar-refractivity contribution in [3.05, 3.63) is 54.3 Å². The third-order valence-electron chi connectivity index (χ3n) is 7.08. The van der Waals surface area contributed by atoms with Gasteiger partial charge in [-0.05, 0) is 88.1 Å². The first-order valence-electron chi connectivity index (χ1n) is 12.6. The molecule has 5 rings (SSSR count). The Kier molecular flexibility index (Phi) is 7.09. The van der Waals surface area contributed by atoms with Gasteiger partial charge in [-0.25, -0.2) is 9.37 Å². The number of halogens is 1. The largest absolute Gasteiger partial charge is 0.449 e. The van der Waals surface area contributed by atoms with Crippen LogP contribution >= 0.6 is 0 Å². The van der Waals surface area contributed by atoms with Crippen LogP contribution in [0.15, 0.2) is 47.1 Å². The van der Waals surface area contributed by atoms with E-state index in [4.69, 9.17) is 9.40 Å². The maximum atomic E-state index is 13.5. The van der Waals surface area contributed by atoms with Gasteiger partial charge in [-0.2, -0.15) is 0 Å². The van der Waals surface area contributed by atoms with E-state index in [2.05, 4.69) is 14.8 Å². The number of nitrogens with one attached hydrogen (secondary N) is 1. The van der Waals surface area contributed by atoms with E-state index in [1.165, 1.54) is 57.3 Å². The van der Waals surface area contributed by atoms with E-state index in [1.807, 2.05) is 12.4 Å². The number of carbonyl (C=O) groups is 1. The number of hydrogen-bond acceptors (Lipinski definition) is 4. The lowest BCUT2D eigenvalue weighted by Gasteiger charge is -2.24. The van der Waals surface area contributed by atoms with Gasteiger partial charge >= 0.3 is 0 Å². The summed E-state index contributed by atoms with van der Waals surface area (Å²) in [6, 6.07) is 10.3. The van der Waals surface area contributed by atoms with Crippen molar-refractivity contribution < 1.29 is 13.6 Å². The molecular formula is C27H33FN4O2. The number of hydrogen-bond donors (Lipinski definition) is 1. The van der Waals surface area contributed by atoms with E-state index < -0.39 is 0 Å². The maximum Gasteiger partial charge on any atom is 0.287 e. The molecule has 0 unspecified atom stereocenters. The van der Waals surface area contributed by atoms with Crippen LogP contribution in [0, 0.1) is 5.82 Å². The highest BCUT2D eigenvalue weighted by Crippen LogP contribution is 2.38. The summed E-state index contributed by atoms with van der Waals surface area (Å²) in [6.07, 6.45) is 11.2. The Labute approximate surface area is 200 Å². The second kappa shape index (κ2) is 10.6. The predicted octanol–water partition coefficient (Wildman–Crippen LogP) is 5.67. The molecule has 180 valence electrons. The molecule has 1 saturated carbocycles. The smallest absolute Gasteiger partial charge is 0.287 e. The normalized spacial score (nSPS) is 17.3. The Morgan fingerprint density at radius 3 is 2.56 bits per heavy atom. The van der Waals surface area contributed by atoms with Gasteiger partial charge in [0.1, 0.15) is 11.5 Å². The summed E-state index contributed by atoms with van der Waals surface area (Å²) in [5, 5.41) is 2.99. The number of imidazole rings is 1. The standard InChI is InChI=1S/C27H33FN4O2/c28-21-11-9-20(10-12-21)25-26(32(19-30-25)22-7-2-1-3-8-22)23-13-14-24(34-23)27(33)29-15-6-18-31-16-4-5-17-31/h9-14,19,22H,1-8,15-18H2,(H,29,33). The summed E-state index contributed by atoms with van der Waals surface area (Å²) in [5.74, 6) is 0.445. The van der Waals surface area contributed by atoms with Crippen molar-refractivity contribution in [3.63, 3.8) is 0 Å². The fraction of sp³-hybridized carbons (Fsp3) is 0.481. The Morgan fingerprint density at radius 2 is 1.79 bits per heavy atom. The topological polar surface area (TPSA) is 63.3 Å². The van der Waals surface area contributed by atoms with Gasteiger partial charge in [-0.1, -0.05) is 19.3 Å². The van der Waals surface area contributed by atoms with Gasteiger partial charge in [0.15, 0.2) is 11.5 Å². The first-order valence-corrected chi connectivity index (χ1v) is 12.6. The average molecular weight is 465 g/mol. The third-order valence-corrected chi connectivity index (χ3v) is 7.08. The lowest BCUT2D eigenvalue weighted by Crippen LogP contribution is -2.28. The fourth-order valence-electron chi connectivity index (χ4n) is 5.25. The monoisotopic (exact) mass is 464 g/mol. The van der Waals surface area contributed by atoms with E-state index >= 15 is 0 Å². The molecule has 34 heavy (non-hydrogen) atoms. The Balaban J connectivity index is 1.35. The first-order chi connectivity index (χ1) is 16.7. The van der Waals surface area contributed by atoms with Crippen LogP contribution in [0.1, 0.15) is 68.0 Å². The molecule has 0 atom stereocenters. The summed E-state index contributed by atoms with van der Waals surface area (Å²) in [6.45, 7) is 3.98. The van der Waals surface area contributed by atoms with Crippen LogP contribution in [-0.4, -0.2) is 46.5 Å². The zero-order valence-electron chi connectivity index (χ0n) is 19.6. The molecule has 2 aromatic heterocycles. The number of nitrogens with zero attached hydrogens (tertiary/aromatic N) is 3. The van der Waals surface area contributed by atoms with Crippen molar-refractivity contribution in [3.8, 4) is 22.7 Å². The summed E-state index contributed by atoms with van der Waals surface area (Å²) < 4.78 is 21.8. The number of rotatable bonds is 8. The molecule has 3 aromatic rings. The number of aromatic nitrogens is 2. The minimum absolute atomic E-state index is 0.195. The van der Waals surface area contributed by atoms with Crippen molar-refractivity contribution in [2.24, 2.45) is 0 Å². The van der Waals surface area contributed by atoms with Crippen molar-refractivity contribution in [1.82, 2.24) is 19.8 Å². The summed E-state index contributed by atoms with van der Waals surface area (Å²) in [5.41, 5.74) is 2.43. The van der Waals surface area contributed by atoms with Crippen LogP contribution in [-0.2, 0) is 0 Å². The van der Waals surface area contributed by atoms with E-state index in [9.17, 15) is 9.18 Å². The first kappa shape index (κ1) is 22.8. The second-order valence-electron chi connectivity index (χ2n) is 9.47. The molecule has 1 saturated heterocycles. The number of carbonyl (C=O) groups excluding carboxylic acids is 1. The zero-order chi connectivity index (χ0) is 23.3. The fourth-order valence-corrected chi connectivity index (χ4v) is 5.25. The van der Waals surface area contributed by atoms with Gasteiger partial charge < -0.3 is 19.2 Å². The van der Waals surface area contributed by atoms with Crippen LogP contribution in [0.25, 0.3) is 22.7 Å². The SMILES string of the molecule is O=C(NCCCN1CCCC1)c1ccc(-c2c(-c3ccc(F)cc3)ncn2C2CCCCC2)o1. The minimum atomic E-state index is -0.279. The van der Waals surface area contributed by atoms with Crippen LogP contribution in [0.3, 0.4) is 0 Å². The van der Waals surface area contributed by atoms with E-state index in [1.54, 1.807) is 18.2 Å². The Hall–Kier alpha value is -2.93. The molecule has 1 N–H and O–H groups in total. The van der Waals surface area contributed by atoms with Crippen LogP contribution in [0.2, 0.25) is 0 Å².